The molecule has 1 aromatic rings. The Labute approximate surface area is 105 Å². The first-order valence-electron chi connectivity index (χ1n) is 5.71. The van der Waals surface area contributed by atoms with E-state index in [2.05, 4.69) is 0 Å². The third-order valence-electron chi connectivity index (χ3n) is 2.78. The van der Waals surface area contributed by atoms with E-state index >= 15 is 0 Å². The first-order chi connectivity index (χ1) is 8.16. The number of carbonyl (C=O) groups excluding carboxylic acids is 1. The van der Waals surface area contributed by atoms with Crippen LogP contribution in [0.4, 0.5) is 4.39 Å². The monoisotopic (exact) mass is 254 g/mol. The van der Waals surface area contributed by atoms with Gasteiger partial charge in [0.25, 0.3) is 0 Å². The van der Waals surface area contributed by atoms with E-state index in [4.69, 9.17) is 4.74 Å². The molecule has 2 nitrogen and oxygen atoms in total. The van der Waals surface area contributed by atoms with Gasteiger partial charge in [0.05, 0.1) is 0 Å². The molecule has 1 heterocycles. The third kappa shape index (κ3) is 3.30. The van der Waals surface area contributed by atoms with Gasteiger partial charge >= 0.3 is 0 Å². The van der Waals surface area contributed by atoms with Crippen molar-refractivity contribution in [3.8, 4) is 0 Å². The molecule has 0 bridgehead atoms. The molecule has 1 aliphatic heterocycles. The van der Waals surface area contributed by atoms with Crippen LogP contribution in [0.5, 0.6) is 0 Å². The Morgan fingerprint density at radius 1 is 1.41 bits per heavy atom. The summed E-state index contributed by atoms with van der Waals surface area (Å²) in [6, 6.07) is 4.43. The molecule has 1 aromatic carbocycles. The molecule has 1 aliphatic rings. The van der Waals surface area contributed by atoms with Crippen molar-refractivity contribution in [3.05, 3.63) is 29.6 Å². The average Bonchev–Trinajstić information content (AvgIpc) is 2.32. The highest BCUT2D eigenvalue weighted by Gasteiger charge is 2.18. The summed E-state index contributed by atoms with van der Waals surface area (Å²) in [6.45, 7) is 3.02. The van der Waals surface area contributed by atoms with Gasteiger partial charge in [0.1, 0.15) is 5.82 Å². The van der Waals surface area contributed by atoms with Crippen LogP contribution >= 0.6 is 11.8 Å². The van der Waals surface area contributed by atoms with E-state index in [0.717, 1.165) is 31.0 Å². The van der Waals surface area contributed by atoms with Gasteiger partial charge in [-0.3, -0.25) is 4.79 Å². The second kappa shape index (κ2) is 5.65. The molecule has 1 fully saturated rings. The van der Waals surface area contributed by atoms with Crippen LogP contribution in [-0.2, 0) is 4.74 Å². The SMILES string of the molecule is CC(=O)c1cc(F)ccc1SC1CCOCC1. The predicted molar refractivity (Wildman–Crippen MR) is 66.1 cm³/mol. The van der Waals surface area contributed by atoms with Crippen LogP contribution < -0.4 is 0 Å². The molecule has 0 spiro atoms. The molecule has 0 N–H and O–H groups in total. The number of halogens is 1. The number of hydrogen-bond donors (Lipinski definition) is 0. The van der Waals surface area contributed by atoms with Crippen molar-refractivity contribution in [2.75, 3.05) is 13.2 Å². The summed E-state index contributed by atoms with van der Waals surface area (Å²) in [7, 11) is 0. The quantitative estimate of drug-likeness (QED) is 0.774. The van der Waals surface area contributed by atoms with Gasteiger partial charge in [-0.15, -0.1) is 11.8 Å². The zero-order valence-electron chi connectivity index (χ0n) is 9.74. The Bertz CT molecular complexity index is 414. The number of rotatable bonds is 3. The fourth-order valence-corrected chi connectivity index (χ4v) is 3.12. The third-order valence-corrected chi connectivity index (χ3v) is 4.20. The van der Waals surface area contributed by atoms with Crippen LogP contribution in [0.2, 0.25) is 0 Å². The molecular formula is C13H15FO2S. The normalized spacial score (nSPS) is 17.1. The highest BCUT2D eigenvalue weighted by atomic mass is 32.2. The summed E-state index contributed by atoms with van der Waals surface area (Å²) in [5, 5.41) is 0.465. The lowest BCUT2D eigenvalue weighted by Gasteiger charge is -2.22. The smallest absolute Gasteiger partial charge is 0.161 e. The van der Waals surface area contributed by atoms with Gasteiger partial charge in [0, 0.05) is 28.9 Å². The molecule has 0 saturated carbocycles. The molecule has 0 atom stereocenters. The second-order valence-corrected chi connectivity index (χ2v) is 5.47. The van der Waals surface area contributed by atoms with Crippen molar-refractivity contribution >= 4 is 17.5 Å². The average molecular weight is 254 g/mol. The number of benzene rings is 1. The number of hydrogen-bond acceptors (Lipinski definition) is 3. The van der Waals surface area contributed by atoms with Crippen LogP contribution in [0.25, 0.3) is 0 Å². The Morgan fingerprint density at radius 3 is 2.76 bits per heavy atom. The first kappa shape index (κ1) is 12.6. The van der Waals surface area contributed by atoms with Crippen molar-refractivity contribution in [1.29, 1.82) is 0 Å². The Kier molecular flexibility index (Phi) is 4.18. The van der Waals surface area contributed by atoms with Crippen molar-refractivity contribution in [2.45, 2.75) is 29.9 Å². The molecule has 0 aromatic heterocycles. The van der Waals surface area contributed by atoms with Crippen molar-refractivity contribution < 1.29 is 13.9 Å². The lowest BCUT2D eigenvalue weighted by atomic mass is 10.1. The molecule has 0 radical (unpaired) electrons. The molecular weight excluding hydrogens is 239 g/mol. The van der Waals surface area contributed by atoms with Crippen molar-refractivity contribution in [1.82, 2.24) is 0 Å². The number of thioether (sulfide) groups is 1. The summed E-state index contributed by atoms with van der Waals surface area (Å²) in [5.41, 5.74) is 0.487. The maximum Gasteiger partial charge on any atom is 0.161 e. The van der Waals surface area contributed by atoms with Gasteiger partial charge < -0.3 is 4.74 Å². The van der Waals surface area contributed by atoms with Gasteiger partial charge in [-0.2, -0.15) is 0 Å². The number of ether oxygens (including phenoxy) is 1. The Morgan fingerprint density at radius 2 is 2.12 bits per heavy atom. The maximum absolute atomic E-state index is 13.1. The van der Waals surface area contributed by atoms with E-state index in [9.17, 15) is 9.18 Å². The Hall–Kier alpha value is -0.870. The van der Waals surface area contributed by atoms with Crippen molar-refractivity contribution in [3.63, 3.8) is 0 Å². The molecule has 0 amide bonds. The van der Waals surface area contributed by atoms with E-state index in [1.807, 2.05) is 0 Å². The maximum atomic E-state index is 13.1. The van der Waals surface area contributed by atoms with E-state index < -0.39 is 0 Å². The minimum atomic E-state index is -0.355. The molecule has 17 heavy (non-hydrogen) atoms. The standard InChI is InChI=1S/C13H15FO2S/c1-9(15)12-8-10(14)2-3-13(12)17-11-4-6-16-7-5-11/h2-3,8,11H,4-7H2,1H3. The molecule has 2 rings (SSSR count). The predicted octanol–water partition coefficient (Wildman–Crippen LogP) is 3.30. The summed E-state index contributed by atoms with van der Waals surface area (Å²) < 4.78 is 18.4. The van der Waals surface area contributed by atoms with Gasteiger partial charge in [-0.05, 0) is 38.0 Å². The minimum absolute atomic E-state index is 0.0842. The van der Waals surface area contributed by atoms with Crippen LogP contribution in [-0.4, -0.2) is 24.2 Å². The van der Waals surface area contributed by atoms with Crippen LogP contribution in [0.3, 0.4) is 0 Å². The number of Topliss-reactive ketones (excluding diaryl/α,β-unsaturated/α-hetero) is 1. The fourth-order valence-electron chi connectivity index (χ4n) is 1.85. The highest BCUT2D eigenvalue weighted by Crippen LogP contribution is 2.32. The van der Waals surface area contributed by atoms with Gasteiger partial charge in [0.2, 0.25) is 0 Å². The zero-order chi connectivity index (χ0) is 12.3. The fraction of sp³-hybridized carbons (Fsp3) is 0.462. The summed E-state index contributed by atoms with van der Waals surface area (Å²) in [4.78, 5) is 12.3. The second-order valence-electron chi connectivity index (χ2n) is 4.13. The summed E-state index contributed by atoms with van der Waals surface area (Å²) in [6.07, 6.45) is 1.97. The summed E-state index contributed by atoms with van der Waals surface area (Å²) >= 11 is 1.66. The van der Waals surface area contributed by atoms with Gasteiger partial charge in [0.15, 0.2) is 5.78 Å². The van der Waals surface area contributed by atoms with Gasteiger partial charge in [-0.25, -0.2) is 4.39 Å². The molecule has 0 aliphatic carbocycles. The van der Waals surface area contributed by atoms with Crippen LogP contribution in [0.15, 0.2) is 23.1 Å². The topological polar surface area (TPSA) is 26.3 Å². The minimum Gasteiger partial charge on any atom is -0.381 e. The highest BCUT2D eigenvalue weighted by molar-refractivity contribution is 8.00. The van der Waals surface area contributed by atoms with Crippen molar-refractivity contribution in [2.24, 2.45) is 0 Å². The first-order valence-corrected chi connectivity index (χ1v) is 6.59. The van der Waals surface area contributed by atoms with Crippen LogP contribution in [0.1, 0.15) is 30.1 Å². The Balaban J connectivity index is 2.16. The molecule has 4 heteroatoms. The lowest BCUT2D eigenvalue weighted by molar-refractivity contribution is 0.0999. The summed E-state index contributed by atoms with van der Waals surface area (Å²) in [5.74, 6) is -0.439. The molecule has 1 saturated heterocycles. The number of carbonyl (C=O) groups is 1. The van der Waals surface area contributed by atoms with E-state index in [1.165, 1.54) is 19.1 Å². The lowest BCUT2D eigenvalue weighted by Crippen LogP contribution is -2.17. The van der Waals surface area contributed by atoms with E-state index in [-0.39, 0.29) is 11.6 Å². The number of ketones is 1. The van der Waals surface area contributed by atoms with Gasteiger partial charge in [-0.1, -0.05) is 0 Å². The molecule has 92 valence electrons. The van der Waals surface area contributed by atoms with E-state index in [1.54, 1.807) is 17.8 Å². The van der Waals surface area contributed by atoms with Crippen LogP contribution in [0, 0.1) is 5.82 Å². The largest absolute Gasteiger partial charge is 0.381 e. The van der Waals surface area contributed by atoms with E-state index in [0.29, 0.717) is 10.8 Å². The molecule has 0 unspecified atom stereocenters. The zero-order valence-corrected chi connectivity index (χ0v) is 10.6.